The highest BCUT2D eigenvalue weighted by Gasteiger charge is 2.15. The molecule has 1 N–H and O–H groups in total. The van der Waals surface area contributed by atoms with Crippen molar-refractivity contribution in [2.45, 2.75) is 6.92 Å². The Balaban J connectivity index is 1.89. The quantitative estimate of drug-likeness (QED) is 0.566. The van der Waals surface area contributed by atoms with Crippen LogP contribution in [0.5, 0.6) is 0 Å². The van der Waals surface area contributed by atoms with Crippen LogP contribution in [0.25, 0.3) is 0 Å². The molecule has 18 heavy (non-hydrogen) atoms. The Kier molecular flexibility index (Phi) is 8.75. The Morgan fingerprint density at radius 1 is 1.06 bits per heavy atom. The zero-order valence-electron chi connectivity index (χ0n) is 11.2. The molecule has 106 valence electrons. The molecule has 0 aromatic carbocycles. The first-order valence-electron chi connectivity index (χ1n) is 6.56. The molecule has 6 heteroatoms. The van der Waals surface area contributed by atoms with E-state index in [4.69, 9.17) is 14.2 Å². The molecule has 0 aliphatic carbocycles. The van der Waals surface area contributed by atoms with Crippen LogP contribution in [0.2, 0.25) is 0 Å². The van der Waals surface area contributed by atoms with E-state index in [0.717, 1.165) is 26.2 Å². The maximum atomic E-state index is 11.7. The van der Waals surface area contributed by atoms with E-state index in [1.54, 1.807) is 0 Å². The summed E-state index contributed by atoms with van der Waals surface area (Å²) in [5, 5.41) is 3.20. The molecule has 1 aliphatic heterocycles. The van der Waals surface area contributed by atoms with Crippen LogP contribution in [0.15, 0.2) is 0 Å². The molecule has 0 saturated carbocycles. The zero-order valence-corrected chi connectivity index (χ0v) is 11.2. The van der Waals surface area contributed by atoms with Crippen molar-refractivity contribution in [3.63, 3.8) is 0 Å². The van der Waals surface area contributed by atoms with E-state index in [-0.39, 0.29) is 12.5 Å². The van der Waals surface area contributed by atoms with Crippen LogP contribution in [0.4, 0.5) is 0 Å². The molecule has 1 aliphatic rings. The van der Waals surface area contributed by atoms with Gasteiger partial charge in [0.05, 0.1) is 26.4 Å². The van der Waals surface area contributed by atoms with E-state index in [9.17, 15) is 4.79 Å². The number of hydrogen-bond acceptors (Lipinski definition) is 5. The lowest BCUT2D eigenvalue weighted by molar-refractivity contribution is -0.137. The summed E-state index contributed by atoms with van der Waals surface area (Å²) in [6.45, 7) is 8.21. The molecule has 0 aromatic heterocycles. The fraction of sp³-hybridized carbons (Fsp3) is 0.917. The minimum Gasteiger partial charge on any atom is -0.379 e. The summed E-state index contributed by atoms with van der Waals surface area (Å²) in [5.41, 5.74) is 0. The third-order valence-corrected chi connectivity index (χ3v) is 2.64. The summed E-state index contributed by atoms with van der Waals surface area (Å²) < 4.78 is 15.7. The number of rotatable bonds is 9. The molecule has 0 spiro atoms. The van der Waals surface area contributed by atoms with E-state index < -0.39 is 0 Å². The second-order valence-electron chi connectivity index (χ2n) is 3.99. The lowest BCUT2D eigenvalue weighted by atomic mass is 10.3. The van der Waals surface area contributed by atoms with Gasteiger partial charge in [-0.15, -0.1) is 0 Å². The van der Waals surface area contributed by atoms with Crippen molar-refractivity contribution >= 4 is 5.91 Å². The SMILES string of the molecule is CCOCCOCCOCC(=O)N1CCNCC1. The zero-order chi connectivity index (χ0) is 13.1. The maximum Gasteiger partial charge on any atom is 0.248 e. The van der Waals surface area contributed by atoms with Crippen LogP contribution >= 0.6 is 0 Å². The largest absolute Gasteiger partial charge is 0.379 e. The second-order valence-corrected chi connectivity index (χ2v) is 3.99. The Morgan fingerprint density at radius 2 is 1.67 bits per heavy atom. The lowest BCUT2D eigenvalue weighted by Gasteiger charge is -2.27. The van der Waals surface area contributed by atoms with E-state index in [2.05, 4.69) is 5.32 Å². The molecule has 0 radical (unpaired) electrons. The van der Waals surface area contributed by atoms with Crippen molar-refractivity contribution in [2.75, 3.05) is 65.8 Å². The van der Waals surface area contributed by atoms with Crippen molar-refractivity contribution < 1.29 is 19.0 Å². The summed E-state index contributed by atoms with van der Waals surface area (Å²) in [6, 6.07) is 0. The fourth-order valence-corrected chi connectivity index (χ4v) is 1.65. The molecular weight excluding hydrogens is 236 g/mol. The molecule has 0 aromatic rings. The monoisotopic (exact) mass is 260 g/mol. The summed E-state index contributed by atoms with van der Waals surface area (Å²) >= 11 is 0. The van der Waals surface area contributed by atoms with Gasteiger partial charge in [0.25, 0.3) is 0 Å². The molecule has 1 fully saturated rings. The van der Waals surface area contributed by atoms with Gasteiger partial charge < -0.3 is 24.4 Å². The summed E-state index contributed by atoms with van der Waals surface area (Å²) in [6.07, 6.45) is 0. The summed E-state index contributed by atoms with van der Waals surface area (Å²) in [4.78, 5) is 13.5. The third-order valence-electron chi connectivity index (χ3n) is 2.64. The Labute approximate surface area is 109 Å². The highest BCUT2D eigenvalue weighted by Crippen LogP contribution is 1.94. The van der Waals surface area contributed by atoms with Crippen LogP contribution in [-0.2, 0) is 19.0 Å². The van der Waals surface area contributed by atoms with Crippen LogP contribution in [-0.4, -0.2) is 76.6 Å². The van der Waals surface area contributed by atoms with Crippen LogP contribution in [0.1, 0.15) is 6.92 Å². The highest BCUT2D eigenvalue weighted by atomic mass is 16.5. The number of nitrogens with zero attached hydrogens (tertiary/aromatic N) is 1. The molecule has 0 unspecified atom stereocenters. The Bertz CT molecular complexity index is 220. The normalized spacial score (nSPS) is 15.9. The summed E-state index contributed by atoms with van der Waals surface area (Å²) in [5.74, 6) is 0.0609. The minimum atomic E-state index is 0.0609. The molecule has 1 rings (SSSR count). The van der Waals surface area contributed by atoms with Crippen molar-refractivity contribution in [1.82, 2.24) is 10.2 Å². The Morgan fingerprint density at radius 3 is 2.33 bits per heavy atom. The van der Waals surface area contributed by atoms with Crippen molar-refractivity contribution in [3.05, 3.63) is 0 Å². The van der Waals surface area contributed by atoms with E-state index in [0.29, 0.717) is 33.0 Å². The van der Waals surface area contributed by atoms with Gasteiger partial charge in [0.1, 0.15) is 6.61 Å². The van der Waals surface area contributed by atoms with Gasteiger partial charge >= 0.3 is 0 Å². The molecule has 1 saturated heterocycles. The standard InChI is InChI=1S/C12H24N2O4/c1-2-16-7-8-17-9-10-18-11-12(15)14-5-3-13-4-6-14/h13H,2-11H2,1H3. The number of carbonyl (C=O) groups is 1. The van der Waals surface area contributed by atoms with Crippen molar-refractivity contribution in [2.24, 2.45) is 0 Å². The number of piperazine rings is 1. The Hall–Kier alpha value is -0.690. The van der Waals surface area contributed by atoms with E-state index in [1.165, 1.54) is 0 Å². The first-order chi connectivity index (χ1) is 8.84. The van der Waals surface area contributed by atoms with Gasteiger partial charge in [0, 0.05) is 32.8 Å². The van der Waals surface area contributed by atoms with E-state index >= 15 is 0 Å². The maximum absolute atomic E-state index is 11.7. The third kappa shape index (κ3) is 6.90. The average molecular weight is 260 g/mol. The van der Waals surface area contributed by atoms with Gasteiger partial charge in [0.2, 0.25) is 5.91 Å². The first-order valence-corrected chi connectivity index (χ1v) is 6.56. The van der Waals surface area contributed by atoms with Gasteiger partial charge in [-0.3, -0.25) is 4.79 Å². The number of amides is 1. The number of nitrogens with one attached hydrogen (secondary N) is 1. The average Bonchev–Trinajstić information content (AvgIpc) is 2.42. The number of ether oxygens (including phenoxy) is 3. The predicted octanol–water partition coefficient (Wildman–Crippen LogP) is -0.512. The lowest BCUT2D eigenvalue weighted by Crippen LogP contribution is -2.47. The summed E-state index contributed by atoms with van der Waals surface area (Å²) in [7, 11) is 0. The molecular formula is C12H24N2O4. The molecule has 1 heterocycles. The first kappa shape index (κ1) is 15.4. The fourth-order valence-electron chi connectivity index (χ4n) is 1.65. The molecule has 1 amide bonds. The number of carbonyl (C=O) groups excluding carboxylic acids is 1. The molecule has 0 atom stereocenters. The van der Waals surface area contributed by atoms with Crippen LogP contribution in [0, 0.1) is 0 Å². The number of hydrogen-bond donors (Lipinski definition) is 1. The van der Waals surface area contributed by atoms with Crippen LogP contribution < -0.4 is 5.32 Å². The van der Waals surface area contributed by atoms with Crippen LogP contribution in [0.3, 0.4) is 0 Å². The smallest absolute Gasteiger partial charge is 0.248 e. The second kappa shape index (κ2) is 10.3. The van der Waals surface area contributed by atoms with Crippen molar-refractivity contribution in [3.8, 4) is 0 Å². The van der Waals surface area contributed by atoms with Crippen molar-refractivity contribution in [1.29, 1.82) is 0 Å². The topological polar surface area (TPSA) is 60.0 Å². The molecule has 6 nitrogen and oxygen atoms in total. The molecule has 0 bridgehead atoms. The predicted molar refractivity (Wildman–Crippen MR) is 67.6 cm³/mol. The van der Waals surface area contributed by atoms with Gasteiger partial charge in [-0.1, -0.05) is 0 Å². The van der Waals surface area contributed by atoms with Gasteiger partial charge in [-0.05, 0) is 6.92 Å². The highest BCUT2D eigenvalue weighted by molar-refractivity contribution is 5.77. The minimum absolute atomic E-state index is 0.0609. The van der Waals surface area contributed by atoms with Gasteiger partial charge in [-0.2, -0.15) is 0 Å². The van der Waals surface area contributed by atoms with Gasteiger partial charge in [0.15, 0.2) is 0 Å². The van der Waals surface area contributed by atoms with Gasteiger partial charge in [-0.25, -0.2) is 0 Å². The van der Waals surface area contributed by atoms with E-state index in [1.807, 2.05) is 11.8 Å².